The van der Waals surface area contributed by atoms with Gasteiger partial charge in [0.05, 0.1) is 5.41 Å². The molecule has 0 saturated carbocycles. The largest absolute Gasteiger partial charge is 0.344 e. The number of carbonyl (C=O) groups is 1. The fourth-order valence-electron chi connectivity index (χ4n) is 2.59. The van der Waals surface area contributed by atoms with Gasteiger partial charge in [-0.1, -0.05) is 44.2 Å². The standard InChI is InChI=1S/C16H26N2O/c1-5-16(6-2,14-10-8-7-9-11-14)15(19)18(4)13-12-17-3/h7-11,17H,5-6,12-13H2,1-4H3. The highest BCUT2D eigenvalue weighted by molar-refractivity contribution is 5.88. The molecule has 106 valence electrons. The van der Waals surface area contributed by atoms with E-state index >= 15 is 0 Å². The van der Waals surface area contributed by atoms with E-state index in [0.717, 1.165) is 31.5 Å². The van der Waals surface area contributed by atoms with Crippen molar-refractivity contribution in [2.75, 3.05) is 27.2 Å². The Labute approximate surface area is 117 Å². The molecule has 0 heterocycles. The molecular weight excluding hydrogens is 236 g/mol. The summed E-state index contributed by atoms with van der Waals surface area (Å²) in [4.78, 5) is 14.7. The van der Waals surface area contributed by atoms with E-state index in [1.807, 2.05) is 37.2 Å². The second kappa shape index (κ2) is 7.29. The van der Waals surface area contributed by atoms with Crippen LogP contribution in [0.1, 0.15) is 32.3 Å². The van der Waals surface area contributed by atoms with E-state index in [2.05, 4.69) is 31.3 Å². The maximum Gasteiger partial charge on any atom is 0.232 e. The van der Waals surface area contributed by atoms with Gasteiger partial charge in [-0.25, -0.2) is 0 Å². The number of carbonyl (C=O) groups excluding carboxylic acids is 1. The summed E-state index contributed by atoms with van der Waals surface area (Å²) < 4.78 is 0. The Morgan fingerprint density at radius 2 is 1.79 bits per heavy atom. The molecule has 0 spiro atoms. The normalized spacial score (nSPS) is 11.4. The molecule has 0 aliphatic heterocycles. The van der Waals surface area contributed by atoms with Crippen molar-refractivity contribution in [2.24, 2.45) is 0 Å². The molecule has 1 N–H and O–H groups in total. The van der Waals surface area contributed by atoms with Crippen LogP contribution in [0, 0.1) is 0 Å². The van der Waals surface area contributed by atoms with E-state index in [0.29, 0.717) is 0 Å². The van der Waals surface area contributed by atoms with Crippen molar-refractivity contribution in [2.45, 2.75) is 32.1 Å². The number of hydrogen-bond acceptors (Lipinski definition) is 2. The van der Waals surface area contributed by atoms with Crippen molar-refractivity contribution in [3.05, 3.63) is 35.9 Å². The zero-order chi connectivity index (χ0) is 14.3. The van der Waals surface area contributed by atoms with Crippen LogP contribution >= 0.6 is 0 Å². The maximum atomic E-state index is 12.8. The summed E-state index contributed by atoms with van der Waals surface area (Å²) in [6, 6.07) is 10.1. The molecule has 1 aromatic carbocycles. The van der Waals surface area contributed by atoms with E-state index in [1.54, 1.807) is 0 Å². The molecule has 1 amide bonds. The highest BCUT2D eigenvalue weighted by Crippen LogP contribution is 2.33. The van der Waals surface area contributed by atoms with Crippen molar-refractivity contribution in [3.8, 4) is 0 Å². The smallest absolute Gasteiger partial charge is 0.232 e. The molecule has 0 atom stereocenters. The molecule has 3 nitrogen and oxygen atoms in total. The van der Waals surface area contributed by atoms with Crippen LogP contribution in [-0.4, -0.2) is 38.0 Å². The van der Waals surface area contributed by atoms with Gasteiger partial charge in [0.25, 0.3) is 0 Å². The average molecular weight is 262 g/mol. The summed E-state index contributed by atoms with van der Waals surface area (Å²) in [5.74, 6) is 0.221. The monoisotopic (exact) mass is 262 g/mol. The van der Waals surface area contributed by atoms with Crippen LogP contribution in [0.2, 0.25) is 0 Å². The van der Waals surface area contributed by atoms with Gasteiger partial charge in [-0.05, 0) is 25.5 Å². The van der Waals surface area contributed by atoms with Crippen LogP contribution in [0.25, 0.3) is 0 Å². The SMILES string of the molecule is CCC(CC)(C(=O)N(C)CCNC)c1ccccc1. The second-order valence-corrected chi connectivity index (χ2v) is 4.99. The van der Waals surface area contributed by atoms with Crippen molar-refractivity contribution in [1.82, 2.24) is 10.2 Å². The fraction of sp³-hybridized carbons (Fsp3) is 0.562. The number of likely N-dealkylation sites (N-methyl/N-ethyl adjacent to an activating group) is 2. The first kappa shape index (κ1) is 15.7. The van der Waals surface area contributed by atoms with Gasteiger partial charge in [0.2, 0.25) is 5.91 Å². The van der Waals surface area contributed by atoms with Gasteiger partial charge in [0.1, 0.15) is 0 Å². The summed E-state index contributed by atoms with van der Waals surface area (Å²) in [7, 11) is 3.80. The summed E-state index contributed by atoms with van der Waals surface area (Å²) in [6.45, 7) is 5.76. The molecule has 0 unspecified atom stereocenters. The first-order valence-electron chi connectivity index (χ1n) is 7.08. The molecular formula is C16H26N2O. The number of amides is 1. The number of nitrogens with one attached hydrogen (secondary N) is 1. The topological polar surface area (TPSA) is 32.3 Å². The minimum Gasteiger partial charge on any atom is -0.344 e. The third-order valence-electron chi connectivity index (χ3n) is 3.99. The Balaban J connectivity index is 3.02. The van der Waals surface area contributed by atoms with E-state index in [9.17, 15) is 4.79 Å². The molecule has 0 aliphatic carbocycles. The lowest BCUT2D eigenvalue weighted by Crippen LogP contribution is -2.46. The highest BCUT2D eigenvalue weighted by Gasteiger charge is 2.38. The lowest BCUT2D eigenvalue weighted by atomic mass is 9.74. The number of nitrogens with zero attached hydrogens (tertiary/aromatic N) is 1. The van der Waals surface area contributed by atoms with Gasteiger partial charge in [0.15, 0.2) is 0 Å². The molecule has 0 fully saturated rings. The van der Waals surface area contributed by atoms with Crippen molar-refractivity contribution >= 4 is 5.91 Å². The van der Waals surface area contributed by atoms with E-state index in [-0.39, 0.29) is 11.3 Å². The highest BCUT2D eigenvalue weighted by atomic mass is 16.2. The van der Waals surface area contributed by atoms with Crippen molar-refractivity contribution in [3.63, 3.8) is 0 Å². The zero-order valence-corrected chi connectivity index (χ0v) is 12.6. The van der Waals surface area contributed by atoms with E-state index < -0.39 is 0 Å². The molecule has 1 aromatic rings. The zero-order valence-electron chi connectivity index (χ0n) is 12.6. The lowest BCUT2D eigenvalue weighted by molar-refractivity contribution is -0.136. The predicted octanol–water partition coefficient (Wildman–Crippen LogP) is 2.42. The summed E-state index contributed by atoms with van der Waals surface area (Å²) in [6.07, 6.45) is 1.66. The first-order valence-corrected chi connectivity index (χ1v) is 7.08. The van der Waals surface area contributed by atoms with Crippen LogP contribution in [0.3, 0.4) is 0 Å². The van der Waals surface area contributed by atoms with Crippen LogP contribution in [-0.2, 0) is 10.2 Å². The quantitative estimate of drug-likeness (QED) is 0.818. The predicted molar refractivity (Wildman–Crippen MR) is 80.3 cm³/mol. The maximum absolute atomic E-state index is 12.8. The van der Waals surface area contributed by atoms with Crippen molar-refractivity contribution in [1.29, 1.82) is 0 Å². The molecule has 0 radical (unpaired) electrons. The Bertz CT molecular complexity index is 385. The summed E-state index contributed by atoms with van der Waals surface area (Å²) in [5, 5.41) is 3.09. The number of rotatable bonds is 7. The molecule has 0 aliphatic rings. The fourth-order valence-corrected chi connectivity index (χ4v) is 2.59. The van der Waals surface area contributed by atoms with Crippen LogP contribution in [0.15, 0.2) is 30.3 Å². The Morgan fingerprint density at radius 1 is 1.21 bits per heavy atom. The second-order valence-electron chi connectivity index (χ2n) is 4.99. The van der Waals surface area contributed by atoms with Gasteiger partial charge in [-0.3, -0.25) is 4.79 Å². The van der Waals surface area contributed by atoms with Gasteiger partial charge in [-0.2, -0.15) is 0 Å². The summed E-state index contributed by atoms with van der Waals surface area (Å²) >= 11 is 0. The number of hydrogen-bond donors (Lipinski definition) is 1. The molecule has 3 heteroatoms. The van der Waals surface area contributed by atoms with E-state index in [4.69, 9.17) is 0 Å². The van der Waals surface area contributed by atoms with Gasteiger partial charge >= 0.3 is 0 Å². The van der Waals surface area contributed by atoms with E-state index in [1.165, 1.54) is 0 Å². The van der Waals surface area contributed by atoms with Gasteiger partial charge in [0, 0.05) is 20.1 Å². The van der Waals surface area contributed by atoms with Crippen LogP contribution in [0.5, 0.6) is 0 Å². The average Bonchev–Trinajstić information content (AvgIpc) is 2.47. The first-order chi connectivity index (χ1) is 9.12. The Morgan fingerprint density at radius 3 is 2.26 bits per heavy atom. The molecule has 0 saturated heterocycles. The summed E-state index contributed by atoms with van der Waals surface area (Å²) in [5.41, 5.74) is 0.741. The molecule has 1 rings (SSSR count). The molecule has 0 aromatic heterocycles. The third kappa shape index (κ3) is 3.35. The Kier molecular flexibility index (Phi) is 6.03. The number of benzene rings is 1. The van der Waals surface area contributed by atoms with Crippen LogP contribution < -0.4 is 5.32 Å². The van der Waals surface area contributed by atoms with Crippen LogP contribution in [0.4, 0.5) is 0 Å². The van der Waals surface area contributed by atoms with Crippen molar-refractivity contribution < 1.29 is 4.79 Å². The third-order valence-corrected chi connectivity index (χ3v) is 3.99. The van der Waals surface area contributed by atoms with Gasteiger partial charge in [-0.15, -0.1) is 0 Å². The Hall–Kier alpha value is -1.35. The minimum atomic E-state index is -0.385. The minimum absolute atomic E-state index is 0.221. The molecule has 0 bridgehead atoms. The molecule has 19 heavy (non-hydrogen) atoms. The lowest BCUT2D eigenvalue weighted by Gasteiger charge is -2.35. The van der Waals surface area contributed by atoms with Gasteiger partial charge < -0.3 is 10.2 Å².